The smallest absolute Gasteiger partial charge is 0.322 e. The van der Waals surface area contributed by atoms with Gasteiger partial charge in [-0.3, -0.25) is 9.59 Å². The molecule has 0 bridgehead atoms. The van der Waals surface area contributed by atoms with Gasteiger partial charge in [-0.1, -0.05) is 0 Å². The van der Waals surface area contributed by atoms with Crippen LogP contribution in [-0.4, -0.2) is 54.0 Å². The van der Waals surface area contributed by atoms with Crippen LogP contribution in [0.2, 0.25) is 0 Å². The van der Waals surface area contributed by atoms with Crippen molar-refractivity contribution in [1.29, 1.82) is 0 Å². The van der Waals surface area contributed by atoms with Gasteiger partial charge in [0, 0.05) is 13.1 Å². The fourth-order valence-corrected chi connectivity index (χ4v) is 2.94. The molecule has 1 fully saturated rings. The van der Waals surface area contributed by atoms with Crippen molar-refractivity contribution < 1.29 is 14.3 Å². The van der Waals surface area contributed by atoms with Gasteiger partial charge in [-0.2, -0.15) is 0 Å². The van der Waals surface area contributed by atoms with E-state index in [0.717, 1.165) is 25.9 Å². The van der Waals surface area contributed by atoms with Crippen molar-refractivity contribution in [3.8, 4) is 0 Å². The van der Waals surface area contributed by atoms with Crippen molar-refractivity contribution >= 4 is 23.6 Å². The zero-order valence-corrected chi connectivity index (χ0v) is 11.9. The molecule has 18 heavy (non-hydrogen) atoms. The average molecular weight is 274 g/mol. The van der Waals surface area contributed by atoms with E-state index in [2.05, 4.69) is 4.74 Å². The van der Waals surface area contributed by atoms with E-state index in [0.29, 0.717) is 12.2 Å². The highest BCUT2D eigenvalue weighted by Gasteiger charge is 2.23. The Morgan fingerprint density at radius 2 is 2.00 bits per heavy atom. The van der Waals surface area contributed by atoms with E-state index in [9.17, 15) is 9.59 Å². The van der Waals surface area contributed by atoms with Crippen molar-refractivity contribution in [2.24, 2.45) is 5.73 Å². The molecule has 1 saturated heterocycles. The second-order valence-corrected chi connectivity index (χ2v) is 5.91. The minimum atomic E-state index is -0.586. The lowest BCUT2D eigenvalue weighted by Gasteiger charge is -2.20. The van der Waals surface area contributed by atoms with Crippen LogP contribution >= 0.6 is 11.8 Å². The number of methoxy groups -OCH3 is 1. The summed E-state index contributed by atoms with van der Waals surface area (Å²) in [6, 6.07) is -0.586. The highest BCUT2D eigenvalue weighted by molar-refractivity contribution is 8.00. The third kappa shape index (κ3) is 4.49. The first-order valence-electron chi connectivity index (χ1n) is 6.30. The minimum absolute atomic E-state index is 0.0621. The van der Waals surface area contributed by atoms with Crippen LogP contribution in [0.4, 0.5) is 0 Å². The van der Waals surface area contributed by atoms with Crippen LogP contribution in [0.1, 0.15) is 26.2 Å². The summed E-state index contributed by atoms with van der Waals surface area (Å²) in [4.78, 5) is 25.0. The molecule has 1 heterocycles. The van der Waals surface area contributed by atoms with Gasteiger partial charge in [-0.25, -0.2) is 0 Å². The number of carbonyl (C=O) groups excluding carboxylic acids is 2. The maximum absolute atomic E-state index is 12.0. The average Bonchev–Trinajstić information content (AvgIpc) is 2.90. The van der Waals surface area contributed by atoms with E-state index in [-0.39, 0.29) is 11.2 Å². The van der Waals surface area contributed by atoms with Gasteiger partial charge in [-0.15, -0.1) is 11.8 Å². The van der Waals surface area contributed by atoms with Crippen molar-refractivity contribution in [3.05, 3.63) is 0 Å². The van der Waals surface area contributed by atoms with E-state index < -0.39 is 12.0 Å². The fraction of sp³-hybridized carbons (Fsp3) is 0.833. The maximum atomic E-state index is 12.0. The normalized spacial score (nSPS) is 18.5. The summed E-state index contributed by atoms with van der Waals surface area (Å²) in [7, 11) is 1.33. The Bertz CT molecular complexity index is 293. The number of hydrogen-bond acceptors (Lipinski definition) is 5. The van der Waals surface area contributed by atoms with Crippen LogP contribution < -0.4 is 5.73 Å². The summed E-state index contributed by atoms with van der Waals surface area (Å²) in [6.45, 7) is 3.67. The molecule has 1 rings (SSSR count). The third-order valence-electron chi connectivity index (χ3n) is 3.07. The lowest BCUT2D eigenvalue weighted by molar-refractivity contribution is -0.142. The SMILES string of the molecule is COC(=O)C(N)CCSC(C)C(=O)N1CCCC1. The molecule has 104 valence electrons. The summed E-state index contributed by atoms with van der Waals surface area (Å²) in [5.41, 5.74) is 5.63. The number of likely N-dealkylation sites (tertiary alicyclic amines) is 1. The molecular formula is C12H22N2O3S. The van der Waals surface area contributed by atoms with E-state index in [1.54, 1.807) is 11.8 Å². The van der Waals surface area contributed by atoms with Gasteiger partial charge in [0.05, 0.1) is 12.4 Å². The van der Waals surface area contributed by atoms with Crippen LogP contribution in [0.3, 0.4) is 0 Å². The summed E-state index contributed by atoms with van der Waals surface area (Å²) >= 11 is 1.55. The topological polar surface area (TPSA) is 72.6 Å². The highest BCUT2D eigenvalue weighted by atomic mass is 32.2. The Labute approximate surface area is 112 Å². The zero-order valence-electron chi connectivity index (χ0n) is 11.1. The monoisotopic (exact) mass is 274 g/mol. The lowest BCUT2D eigenvalue weighted by atomic mass is 10.2. The Balaban J connectivity index is 2.22. The Morgan fingerprint density at radius 1 is 1.39 bits per heavy atom. The molecule has 0 aliphatic carbocycles. The summed E-state index contributed by atoms with van der Waals surface area (Å²) in [5, 5.41) is -0.0621. The quantitative estimate of drug-likeness (QED) is 0.719. The lowest BCUT2D eigenvalue weighted by Crippen LogP contribution is -2.35. The van der Waals surface area contributed by atoms with Crippen molar-refractivity contribution in [2.45, 2.75) is 37.5 Å². The standard InChI is InChI=1S/C12H22N2O3S/c1-9(11(15)14-6-3-4-7-14)18-8-5-10(13)12(16)17-2/h9-10H,3-8,13H2,1-2H3. The van der Waals surface area contributed by atoms with E-state index in [4.69, 9.17) is 5.73 Å². The molecule has 0 aromatic carbocycles. The van der Waals surface area contributed by atoms with Crippen LogP contribution in [-0.2, 0) is 14.3 Å². The van der Waals surface area contributed by atoms with Gasteiger partial charge in [-0.05, 0) is 31.9 Å². The molecule has 2 N–H and O–H groups in total. The molecular weight excluding hydrogens is 252 g/mol. The van der Waals surface area contributed by atoms with Gasteiger partial charge < -0.3 is 15.4 Å². The predicted molar refractivity (Wildman–Crippen MR) is 72.3 cm³/mol. The second-order valence-electron chi connectivity index (χ2n) is 4.46. The molecule has 1 aliphatic rings. The molecule has 5 nitrogen and oxygen atoms in total. The Morgan fingerprint density at radius 3 is 2.56 bits per heavy atom. The molecule has 1 amide bonds. The first-order chi connectivity index (χ1) is 8.56. The minimum Gasteiger partial charge on any atom is -0.468 e. The highest BCUT2D eigenvalue weighted by Crippen LogP contribution is 2.18. The van der Waals surface area contributed by atoms with Crippen molar-refractivity contribution in [1.82, 2.24) is 4.90 Å². The molecule has 0 radical (unpaired) electrons. The molecule has 0 saturated carbocycles. The number of ether oxygens (including phenoxy) is 1. The number of esters is 1. The van der Waals surface area contributed by atoms with Crippen LogP contribution in [0.25, 0.3) is 0 Å². The molecule has 0 spiro atoms. The Hall–Kier alpha value is -0.750. The first-order valence-corrected chi connectivity index (χ1v) is 7.35. The van der Waals surface area contributed by atoms with Gasteiger partial charge in [0.2, 0.25) is 5.91 Å². The second kappa shape index (κ2) is 7.63. The molecule has 6 heteroatoms. The van der Waals surface area contributed by atoms with E-state index in [1.165, 1.54) is 7.11 Å². The van der Waals surface area contributed by atoms with Gasteiger partial charge in [0.15, 0.2) is 0 Å². The number of carbonyl (C=O) groups is 2. The molecule has 0 aromatic rings. The molecule has 2 unspecified atom stereocenters. The van der Waals surface area contributed by atoms with E-state index >= 15 is 0 Å². The van der Waals surface area contributed by atoms with Gasteiger partial charge >= 0.3 is 5.97 Å². The summed E-state index contributed by atoms with van der Waals surface area (Å²) in [5.74, 6) is 0.495. The predicted octanol–water partition coefficient (Wildman–Crippen LogP) is 0.621. The van der Waals surface area contributed by atoms with E-state index in [1.807, 2.05) is 11.8 Å². The van der Waals surface area contributed by atoms with Crippen molar-refractivity contribution in [3.63, 3.8) is 0 Å². The largest absolute Gasteiger partial charge is 0.468 e. The summed E-state index contributed by atoms with van der Waals surface area (Å²) in [6.07, 6.45) is 2.75. The zero-order chi connectivity index (χ0) is 13.5. The van der Waals surface area contributed by atoms with Gasteiger partial charge in [0.25, 0.3) is 0 Å². The van der Waals surface area contributed by atoms with Crippen LogP contribution in [0, 0.1) is 0 Å². The Kier molecular flexibility index (Phi) is 6.49. The number of nitrogens with two attached hydrogens (primary N) is 1. The first kappa shape index (κ1) is 15.3. The fourth-order valence-electron chi connectivity index (χ4n) is 1.91. The number of thioether (sulfide) groups is 1. The maximum Gasteiger partial charge on any atom is 0.322 e. The van der Waals surface area contributed by atoms with Crippen LogP contribution in [0.15, 0.2) is 0 Å². The molecule has 0 aromatic heterocycles. The number of nitrogens with zero attached hydrogens (tertiary/aromatic N) is 1. The van der Waals surface area contributed by atoms with Gasteiger partial charge in [0.1, 0.15) is 6.04 Å². The van der Waals surface area contributed by atoms with Crippen LogP contribution in [0.5, 0.6) is 0 Å². The molecule has 2 atom stereocenters. The molecule has 1 aliphatic heterocycles. The van der Waals surface area contributed by atoms with Crippen molar-refractivity contribution in [2.75, 3.05) is 26.0 Å². The number of hydrogen-bond donors (Lipinski definition) is 1. The number of amides is 1. The third-order valence-corrected chi connectivity index (χ3v) is 4.24. The number of rotatable bonds is 6. The summed E-state index contributed by atoms with van der Waals surface area (Å²) < 4.78 is 4.55.